The van der Waals surface area contributed by atoms with Crippen molar-refractivity contribution in [3.05, 3.63) is 70.6 Å². The Hall–Kier alpha value is -2.83. The molecule has 0 unspecified atom stereocenters. The van der Waals surface area contributed by atoms with Gasteiger partial charge in [-0.1, -0.05) is 55.1 Å². The minimum atomic E-state index is -4.72. The lowest BCUT2D eigenvalue weighted by atomic mass is 10.1. The molecular formula is C23H20F3N3OS2. The number of hydrogen-bond donors (Lipinski definition) is 1. The number of nitrogens with one attached hydrogen (secondary N) is 1. The molecule has 3 rings (SSSR count). The number of pyridine rings is 1. The van der Waals surface area contributed by atoms with Crippen LogP contribution in [-0.4, -0.2) is 16.1 Å². The summed E-state index contributed by atoms with van der Waals surface area (Å²) in [5.74, 6) is -0.324. The van der Waals surface area contributed by atoms with E-state index in [1.165, 1.54) is 11.3 Å². The Kier molecular flexibility index (Phi) is 7.59. The zero-order chi connectivity index (χ0) is 23.3. The van der Waals surface area contributed by atoms with Gasteiger partial charge in [-0.25, -0.2) is 4.98 Å². The van der Waals surface area contributed by atoms with Crippen LogP contribution in [0.15, 0.2) is 58.9 Å². The van der Waals surface area contributed by atoms with Gasteiger partial charge in [0.25, 0.3) is 0 Å². The largest absolute Gasteiger partial charge is 0.417 e. The maximum atomic E-state index is 13.7. The zero-order valence-corrected chi connectivity index (χ0v) is 18.9. The predicted octanol–water partition coefficient (Wildman–Crippen LogP) is 6.45. The number of alkyl halides is 3. The standard InChI is InChI=1S/C23H20F3N3OS2/c1-3-19(21(30)28-14(2)15-8-5-4-6-9-15)32-22-16(13-27)17(23(24,25)26)12-18(29-22)20-10-7-11-31-20/h4-12,14,19H,3H2,1-2H3,(H,28,30)/t14-,19+/m1/s1. The van der Waals surface area contributed by atoms with E-state index in [9.17, 15) is 23.2 Å². The van der Waals surface area contributed by atoms with Crippen molar-refractivity contribution in [2.45, 2.75) is 42.8 Å². The molecule has 0 aliphatic rings. The molecule has 0 saturated heterocycles. The Morgan fingerprint density at radius 3 is 2.53 bits per heavy atom. The molecule has 0 bridgehead atoms. The van der Waals surface area contributed by atoms with E-state index in [-0.39, 0.29) is 22.7 Å². The average molecular weight is 476 g/mol. The molecule has 0 saturated carbocycles. The molecule has 1 aromatic carbocycles. The Bertz CT molecular complexity index is 1110. The van der Waals surface area contributed by atoms with E-state index in [0.717, 1.165) is 23.4 Å². The maximum absolute atomic E-state index is 13.7. The second-order valence-corrected chi connectivity index (χ2v) is 9.12. The van der Waals surface area contributed by atoms with Crippen molar-refractivity contribution < 1.29 is 18.0 Å². The minimum absolute atomic E-state index is 0.0971. The highest BCUT2D eigenvalue weighted by Crippen LogP contribution is 2.40. The molecule has 1 amide bonds. The first-order valence-corrected chi connectivity index (χ1v) is 11.6. The van der Waals surface area contributed by atoms with Gasteiger partial charge in [-0.05, 0) is 36.4 Å². The van der Waals surface area contributed by atoms with E-state index in [0.29, 0.717) is 11.3 Å². The summed E-state index contributed by atoms with van der Waals surface area (Å²) >= 11 is 2.14. The lowest BCUT2D eigenvalue weighted by Crippen LogP contribution is -2.34. The molecule has 0 fully saturated rings. The normalized spacial score (nSPS) is 13.2. The van der Waals surface area contributed by atoms with Crippen molar-refractivity contribution in [3.63, 3.8) is 0 Å². The summed E-state index contributed by atoms with van der Waals surface area (Å²) in [6.07, 6.45) is -4.36. The molecule has 2 atom stereocenters. The number of nitrogens with zero attached hydrogens (tertiary/aromatic N) is 2. The minimum Gasteiger partial charge on any atom is -0.349 e. The zero-order valence-electron chi connectivity index (χ0n) is 17.3. The van der Waals surface area contributed by atoms with Crippen LogP contribution in [0.5, 0.6) is 0 Å². The van der Waals surface area contributed by atoms with Crippen LogP contribution in [0.1, 0.15) is 43.0 Å². The third-order valence-corrected chi connectivity index (χ3v) is 7.00. The van der Waals surface area contributed by atoms with Gasteiger partial charge >= 0.3 is 6.18 Å². The van der Waals surface area contributed by atoms with E-state index in [1.807, 2.05) is 37.3 Å². The summed E-state index contributed by atoms with van der Waals surface area (Å²) in [6, 6.07) is 15.0. The molecule has 2 aromatic heterocycles. The first kappa shape index (κ1) is 23.8. The monoisotopic (exact) mass is 475 g/mol. The number of halogens is 3. The fraction of sp³-hybridized carbons (Fsp3) is 0.261. The Balaban J connectivity index is 1.94. The topological polar surface area (TPSA) is 65.8 Å². The molecule has 1 N–H and O–H groups in total. The molecule has 4 nitrogen and oxygen atoms in total. The molecule has 3 aromatic rings. The highest BCUT2D eigenvalue weighted by molar-refractivity contribution is 8.00. The van der Waals surface area contributed by atoms with Gasteiger partial charge in [0.1, 0.15) is 11.1 Å². The third-order valence-electron chi connectivity index (χ3n) is 4.75. The summed E-state index contributed by atoms with van der Waals surface area (Å²) in [4.78, 5) is 17.8. The highest BCUT2D eigenvalue weighted by Gasteiger charge is 2.37. The van der Waals surface area contributed by atoms with Gasteiger partial charge in [-0.15, -0.1) is 11.3 Å². The third kappa shape index (κ3) is 5.50. The number of benzene rings is 1. The van der Waals surface area contributed by atoms with Gasteiger partial charge in [0.05, 0.1) is 33.0 Å². The first-order valence-electron chi connectivity index (χ1n) is 9.82. The average Bonchev–Trinajstić information content (AvgIpc) is 3.31. The summed E-state index contributed by atoms with van der Waals surface area (Å²) in [6.45, 7) is 3.60. The molecule has 0 aliphatic carbocycles. The maximum Gasteiger partial charge on any atom is 0.417 e. The van der Waals surface area contributed by atoms with Crippen molar-refractivity contribution in [3.8, 4) is 16.6 Å². The van der Waals surface area contributed by atoms with Crippen molar-refractivity contribution in [2.75, 3.05) is 0 Å². The summed E-state index contributed by atoms with van der Waals surface area (Å²) < 4.78 is 41.1. The number of carbonyl (C=O) groups is 1. The van der Waals surface area contributed by atoms with Crippen molar-refractivity contribution in [1.82, 2.24) is 10.3 Å². The van der Waals surface area contributed by atoms with E-state index in [2.05, 4.69) is 10.3 Å². The van der Waals surface area contributed by atoms with E-state index >= 15 is 0 Å². The van der Waals surface area contributed by atoms with Gasteiger partial charge in [-0.3, -0.25) is 4.79 Å². The molecule has 9 heteroatoms. The lowest BCUT2D eigenvalue weighted by molar-refractivity contribution is -0.138. The van der Waals surface area contributed by atoms with Gasteiger partial charge in [0, 0.05) is 0 Å². The number of thiophene rings is 1. The molecule has 0 spiro atoms. The fourth-order valence-electron chi connectivity index (χ4n) is 3.08. The van der Waals surface area contributed by atoms with Crippen molar-refractivity contribution >= 4 is 29.0 Å². The number of rotatable bonds is 7. The van der Waals surface area contributed by atoms with Crippen LogP contribution in [0, 0.1) is 11.3 Å². The van der Waals surface area contributed by atoms with Crippen LogP contribution in [-0.2, 0) is 11.0 Å². The second-order valence-electron chi connectivity index (χ2n) is 6.98. The van der Waals surface area contributed by atoms with E-state index in [1.54, 1.807) is 30.5 Å². The van der Waals surface area contributed by atoms with Crippen LogP contribution in [0.3, 0.4) is 0 Å². The van der Waals surface area contributed by atoms with Gasteiger partial charge in [0.15, 0.2) is 0 Å². The molecule has 0 radical (unpaired) electrons. The Labute approximate surface area is 192 Å². The van der Waals surface area contributed by atoms with Crippen molar-refractivity contribution in [1.29, 1.82) is 5.26 Å². The number of aromatic nitrogens is 1. The van der Waals surface area contributed by atoms with E-state index in [4.69, 9.17) is 0 Å². The van der Waals surface area contributed by atoms with E-state index < -0.39 is 22.6 Å². The van der Waals surface area contributed by atoms with Gasteiger partial charge in [0.2, 0.25) is 5.91 Å². The summed E-state index contributed by atoms with van der Waals surface area (Å²) in [5.41, 5.74) is -0.573. The Morgan fingerprint density at radius 1 is 1.25 bits per heavy atom. The quantitative estimate of drug-likeness (QED) is 0.399. The van der Waals surface area contributed by atoms with Crippen LogP contribution in [0.2, 0.25) is 0 Å². The molecular weight excluding hydrogens is 455 g/mol. The number of hydrogen-bond acceptors (Lipinski definition) is 5. The SMILES string of the molecule is CC[C@H](Sc1nc(-c2cccs2)cc(C(F)(F)F)c1C#N)C(=O)N[C@H](C)c1ccccc1. The molecule has 32 heavy (non-hydrogen) atoms. The van der Waals surface area contributed by atoms with Gasteiger partial charge < -0.3 is 5.32 Å². The predicted molar refractivity (Wildman–Crippen MR) is 120 cm³/mol. The lowest BCUT2D eigenvalue weighted by Gasteiger charge is -2.20. The fourth-order valence-corrected chi connectivity index (χ4v) is 4.80. The Morgan fingerprint density at radius 2 is 1.97 bits per heavy atom. The van der Waals surface area contributed by atoms with Crippen LogP contribution >= 0.6 is 23.1 Å². The first-order chi connectivity index (χ1) is 15.2. The van der Waals surface area contributed by atoms with Gasteiger partial charge in [-0.2, -0.15) is 18.4 Å². The van der Waals surface area contributed by atoms with Crippen molar-refractivity contribution in [2.24, 2.45) is 0 Å². The second kappa shape index (κ2) is 10.2. The number of thioether (sulfide) groups is 1. The summed E-state index contributed by atoms with van der Waals surface area (Å²) in [5, 5.41) is 13.3. The molecule has 2 heterocycles. The van der Waals surface area contributed by atoms with Crippen LogP contribution < -0.4 is 5.32 Å². The highest BCUT2D eigenvalue weighted by atomic mass is 32.2. The number of carbonyl (C=O) groups excluding carboxylic acids is 1. The van der Waals surface area contributed by atoms with Crippen LogP contribution in [0.4, 0.5) is 13.2 Å². The van der Waals surface area contributed by atoms with Crippen LogP contribution in [0.25, 0.3) is 10.6 Å². The smallest absolute Gasteiger partial charge is 0.349 e. The molecule has 0 aliphatic heterocycles. The summed E-state index contributed by atoms with van der Waals surface area (Å²) in [7, 11) is 0. The molecule has 166 valence electrons. The number of nitriles is 1. The number of amides is 1.